The van der Waals surface area contributed by atoms with Crippen LogP contribution in [-0.2, 0) is 0 Å². The number of phenols is 1. The Kier molecular flexibility index (Phi) is 7.12. The molecule has 0 bridgehead atoms. The van der Waals surface area contributed by atoms with Crippen LogP contribution in [0.1, 0.15) is 41.0 Å². The molecule has 1 aliphatic heterocycles. The van der Waals surface area contributed by atoms with E-state index in [2.05, 4.69) is 10.3 Å². The molecule has 8 nitrogen and oxygen atoms in total. The monoisotopic (exact) mass is 476 g/mol. The van der Waals surface area contributed by atoms with Crippen molar-refractivity contribution >= 4 is 28.6 Å². The van der Waals surface area contributed by atoms with E-state index >= 15 is 0 Å². The summed E-state index contributed by atoms with van der Waals surface area (Å²) in [5, 5.41) is 18.7. The highest BCUT2D eigenvalue weighted by atomic mass is 32.2. The first-order chi connectivity index (χ1) is 16.5. The number of aromatic nitrogens is 1. The number of hydrogen-bond donors (Lipinski definition) is 2. The Bertz CT molecular complexity index is 1200. The average Bonchev–Trinajstić information content (AvgIpc) is 2.88. The highest BCUT2D eigenvalue weighted by molar-refractivity contribution is 8.14. The molecule has 0 saturated carbocycles. The Labute approximate surface area is 201 Å². The molecular formula is C25H24N4O4S. The predicted octanol–water partition coefficient (Wildman–Crippen LogP) is 4.58. The van der Waals surface area contributed by atoms with Gasteiger partial charge in [-0.1, -0.05) is 49.0 Å². The number of ether oxygens (including phenoxy) is 1. The van der Waals surface area contributed by atoms with E-state index in [9.17, 15) is 14.7 Å². The summed E-state index contributed by atoms with van der Waals surface area (Å²) >= 11 is 1.14. The van der Waals surface area contributed by atoms with Crippen LogP contribution in [0.2, 0.25) is 0 Å². The summed E-state index contributed by atoms with van der Waals surface area (Å²) in [7, 11) is 1.48. The number of methoxy groups -OCH3 is 1. The number of amides is 2. The molecule has 3 aromatic rings. The zero-order chi connectivity index (χ0) is 24.1. The number of thioether (sulfide) groups is 1. The van der Waals surface area contributed by atoms with E-state index in [4.69, 9.17) is 9.84 Å². The second-order valence-corrected chi connectivity index (χ2v) is 8.67. The Morgan fingerprint density at radius 2 is 1.91 bits per heavy atom. The van der Waals surface area contributed by atoms with E-state index in [1.165, 1.54) is 24.5 Å². The summed E-state index contributed by atoms with van der Waals surface area (Å²) < 4.78 is 5.15. The molecule has 2 unspecified atom stereocenters. The number of carbonyl (C=O) groups excluding carboxylic acids is 2. The Balaban J connectivity index is 1.76. The molecule has 1 aliphatic rings. The van der Waals surface area contributed by atoms with Crippen molar-refractivity contribution in [3.8, 4) is 11.5 Å². The van der Waals surface area contributed by atoms with E-state index in [1.807, 2.05) is 37.3 Å². The van der Waals surface area contributed by atoms with Crippen molar-refractivity contribution in [2.75, 3.05) is 7.11 Å². The van der Waals surface area contributed by atoms with Crippen LogP contribution in [0.25, 0.3) is 0 Å². The minimum absolute atomic E-state index is 0.0170. The lowest BCUT2D eigenvalue weighted by Gasteiger charge is -2.34. The maximum Gasteiger partial charge on any atom is 0.304 e. The number of aromatic hydroxyl groups is 1. The van der Waals surface area contributed by atoms with E-state index in [0.717, 1.165) is 11.8 Å². The Morgan fingerprint density at radius 1 is 1.18 bits per heavy atom. The molecular weight excluding hydrogens is 452 g/mol. The quantitative estimate of drug-likeness (QED) is 0.517. The third-order valence-electron chi connectivity index (χ3n) is 5.37. The molecule has 34 heavy (non-hydrogen) atoms. The predicted molar refractivity (Wildman–Crippen MR) is 131 cm³/mol. The summed E-state index contributed by atoms with van der Waals surface area (Å²) in [5.74, 6) is -0.0253. The SMILES string of the molecule is CCC1SC(=O)N(C(NC(=O)c2ccncc2)c2ccccc2)N=C1c1ccc(OC)c(O)c1. The van der Waals surface area contributed by atoms with E-state index in [0.29, 0.717) is 34.6 Å². The van der Waals surface area contributed by atoms with Gasteiger partial charge >= 0.3 is 5.24 Å². The maximum atomic E-state index is 13.2. The number of phenolic OH excluding ortho intramolecular Hbond substituents is 1. The Hall–Kier alpha value is -3.85. The topological polar surface area (TPSA) is 104 Å². The minimum atomic E-state index is -0.832. The van der Waals surface area contributed by atoms with Crippen LogP contribution >= 0.6 is 11.8 Å². The van der Waals surface area contributed by atoms with Crippen LogP contribution in [0.15, 0.2) is 78.2 Å². The summed E-state index contributed by atoms with van der Waals surface area (Å²) in [6.07, 6.45) is 2.90. The summed E-state index contributed by atoms with van der Waals surface area (Å²) in [4.78, 5) is 30.1. The molecule has 0 spiro atoms. The molecule has 174 valence electrons. The summed E-state index contributed by atoms with van der Waals surface area (Å²) in [5.41, 5.74) is 2.42. The first-order valence-electron chi connectivity index (χ1n) is 10.7. The van der Waals surface area contributed by atoms with E-state index in [-0.39, 0.29) is 22.1 Å². The normalized spacial score (nSPS) is 16.5. The standard InChI is InChI=1S/C25H24N4O4S/c1-3-21-22(18-9-10-20(33-2)19(30)15-18)28-29(25(32)34-21)23(16-7-5-4-6-8-16)27-24(31)17-11-13-26-14-12-17/h4-15,21,23,30H,3H2,1-2H3,(H,27,31). The fraction of sp³-hybridized carbons (Fsp3) is 0.200. The van der Waals surface area contributed by atoms with Crippen molar-refractivity contribution < 1.29 is 19.4 Å². The lowest BCUT2D eigenvalue weighted by Crippen LogP contribution is -2.44. The number of benzene rings is 2. The number of rotatable bonds is 7. The highest BCUT2D eigenvalue weighted by Gasteiger charge is 2.36. The molecule has 2 aromatic carbocycles. The Morgan fingerprint density at radius 3 is 2.56 bits per heavy atom. The van der Waals surface area contributed by atoms with Crippen molar-refractivity contribution in [2.24, 2.45) is 5.10 Å². The van der Waals surface area contributed by atoms with Gasteiger partial charge in [-0.25, -0.2) is 0 Å². The van der Waals surface area contributed by atoms with Crippen molar-refractivity contribution in [1.29, 1.82) is 0 Å². The molecule has 2 heterocycles. The van der Waals surface area contributed by atoms with Crippen LogP contribution in [0, 0.1) is 0 Å². The zero-order valence-corrected chi connectivity index (χ0v) is 19.5. The fourth-order valence-corrected chi connectivity index (χ4v) is 4.58. The van der Waals surface area contributed by atoms with Crippen LogP contribution in [0.5, 0.6) is 11.5 Å². The van der Waals surface area contributed by atoms with Gasteiger partial charge < -0.3 is 15.2 Å². The number of pyridine rings is 1. The number of carbonyl (C=O) groups is 2. The molecule has 1 aromatic heterocycles. The third kappa shape index (κ3) is 4.89. The smallest absolute Gasteiger partial charge is 0.304 e. The lowest BCUT2D eigenvalue weighted by atomic mass is 10.0. The van der Waals surface area contributed by atoms with Crippen LogP contribution < -0.4 is 10.1 Å². The molecule has 0 radical (unpaired) electrons. The molecule has 0 saturated heterocycles. The zero-order valence-electron chi connectivity index (χ0n) is 18.7. The summed E-state index contributed by atoms with van der Waals surface area (Å²) in [6.45, 7) is 1.97. The second kappa shape index (κ2) is 10.4. The van der Waals surface area contributed by atoms with Crippen LogP contribution in [0.3, 0.4) is 0 Å². The summed E-state index contributed by atoms with van der Waals surface area (Å²) in [6, 6.07) is 17.4. The fourth-order valence-electron chi connectivity index (χ4n) is 3.62. The van der Waals surface area contributed by atoms with Gasteiger partial charge in [-0.15, -0.1) is 0 Å². The first kappa shape index (κ1) is 23.3. The largest absolute Gasteiger partial charge is 0.504 e. The van der Waals surface area contributed by atoms with Gasteiger partial charge in [0.25, 0.3) is 5.91 Å². The number of nitrogens with zero attached hydrogens (tertiary/aromatic N) is 3. The van der Waals surface area contributed by atoms with Gasteiger partial charge in [-0.2, -0.15) is 10.1 Å². The molecule has 2 amide bonds. The van der Waals surface area contributed by atoms with Crippen LogP contribution in [-0.4, -0.2) is 44.3 Å². The third-order valence-corrected chi connectivity index (χ3v) is 6.60. The van der Waals surface area contributed by atoms with Gasteiger partial charge in [0, 0.05) is 23.5 Å². The number of nitrogens with one attached hydrogen (secondary N) is 1. The molecule has 9 heteroatoms. The van der Waals surface area contributed by atoms with Crippen molar-refractivity contribution in [2.45, 2.75) is 24.8 Å². The minimum Gasteiger partial charge on any atom is -0.504 e. The van der Waals surface area contributed by atoms with Gasteiger partial charge in [0.1, 0.15) is 0 Å². The number of hydrazone groups is 1. The average molecular weight is 477 g/mol. The van der Waals surface area contributed by atoms with Gasteiger partial charge in [0.2, 0.25) is 0 Å². The molecule has 2 atom stereocenters. The van der Waals surface area contributed by atoms with E-state index in [1.54, 1.807) is 30.3 Å². The lowest BCUT2D eigenvalue weighted by molar-refractivity contribution is 0.0887. The van der Waals surface area contributed by atoms with Crippen molar-refractivity contribution in [3.63, 3.8) is 0 Å². The van der Waals surface area contributed by atoms with Gasteiger partial charge in [0.15, 0.2) is 17.7 Å². The van der Waals surface area contributed by atoms with Gasteiger partial charge in [-0.3, -0.25) is 14.6 Å². The molecule has 4 rings (SSSR count). The van der Waals surface area contributed by atoms with Gasteiger partial charge in [0.05, 0.1) is 18.1 Å². The first-order valence-corrected chi connectivity index (χ1v) is 11.6. The van der Waals surface area contributed by atoms with E-state index < -0.39 is 6.17 Å². The second-order valence-electron chi connectivity index (χ2n) is 7.52. The molecule has 0 aliphatic carbocycles. The van der Waals surface area contributed by atoms with Crippen LogP contribution in [0.4, 0.5) is 4.79 Å². The number of hydrogen-bond acceptors (Lipinski definition) is 7. The van der Waals surface area contributed by atoms with Gasteiger partial charge in [-0.05, 0) is 42.3 Å². The van der Waals surface area contributed by atoms with Crippen molar-refractivity contribution in [3.05, 3.63) is 89.7 Å². The molecule has 0 fully saturated rings. The maximum absolute atomic E-state index is 13.2. The highest BCUT2D eigenvalue weighted by Crippen LogP contribution is 2.35. The van der Waals surface area contributed by atoms with Crippen molar-refractivity contribution in [1.82, 2.24) is 15.3 Å². The molecule has 2 N–H and O–H groups in total.